The number of methoxy groups -OCH3 is 1. The van der Waals surface area contributed by atoms with E-state index < -0.39 is 11.8 Å². The summed E-state index contributed by atoms with van der Waals surface area (Å²) in [6.45, 7) is 1.87. The van der Waals surface area contributed by atoms with Gasteiger partial charge >= 0.3 is 0 Å². The van der Waals surface area contributed by atoms with Crippen LogP contribution in [0.25, 0.3) is 0 Å². The van der Waals surface area contributed by atoms with Crippen molar-refractivity contribution in [3.63, 3.8) is 0 Å². The molecule has 2 aromatic carbocycles. The summed E-state index contributed by atoms with van der Waals surface area (Å²) in [5, 5.41) is 2.68. The van der Waals surface area contributed by atoms with E-state index in [4.69, 9.17) is 4.74 Å². The second-order valence-corrected chi connectivity index (χ2v) is 6.36. The number of nitrogens with one attached hydrogen (secondary N) is 1. The smallest absolute Gasteiger partial charge is 0.276 e. The van der Waals surface area contributed by atoms with Crippen LogP contribution < -0.4 is 5.32 Å². The van der Waals surface area contributed by atoms with Gasteiger partial charge in [0.1, 0.15) is 11.6 Å². The Morgan fingerprint density at radius 2 is 1.79 bits per heavy atom. The van der Waals surface area contributed by atoms with Crippen LogP contribution >= 0.6 is 0 Å². The van der Waals surface area contributed by atoms with Crippen LogP contribution in [0.3, 0.4) is 0 Å². The molecule has 0 aliphatic carbocycles. The molecule has 1 fully saturated rings. The number of hydrogen-bond donors (Lipinski definition) is 1. The quantitative estimate of drug-likeness (QED) is 0.781. The van der Waals surface area contributed by atoms with Gasteiger partial charge in [0.2, 0.25) is 11.8 Å². The number of carbonyl (C=O) groups is 3. The minimum atomic E-state index is -0.749. The van der Waals surface area contributed by atoms with Gasteiger partial charge in [0, 0.05) is 19.7 Å². The predicted molar refractivity (Wildman–Crippen MR) is 106 cm³/mol. The molecule has 1 N–H and O–H groups in total. The lowest BCUT2D eigenvalue weighted by Gasteiger charge is -2.13. The second-order valence-electron chi connectivity index (χ2n) is 6.36. The Morgan fingerprint density at radius 3 is 2.39 bits per heavy atom. The lowest BCUT2D eigenvalue weighted by Crippen LogP contribution is -2.34. The van der Waals surface area contributed by atoms with Crippen molar-refractivity contribution in [3.05, 3.63) is 60.2 Å². The van der Waals surface area contributed by atoms with E-state index in [1.54, 1.807) is 24.3 Å². The van der Waals surface area contributed by atoms with E-state index in [0.29, 0.717) is 11.4 Å². The highest BCUT2D eigenvalue weighted by Crippen LogP contribution is 2.30. The molecule has 7 heteroatoms. The Bertz CT molecular complexity index is 907. The van der Waals surface area contributed by atoms with Crippen LogP contribution in [0, 0.1) is 0 Å². The Labute approximate surface area is 163 Å². The number of likely N-dealkylation sites (tertiary alicyclic amines) is 1. The van der Waals surface area contributed by atoms with Crippen LogP contribution in [0.4, 0.5) is 11.4 Å². The maximum atomic E-state index is 12.9. The maximum absolute atomic E-state index is 12.9. The number of rotatable bonds is 6. The highest BCUT2D eigenvalue weighted by molar-refractivity contribution is 6.52. The first-order valence-corrected chi connectivity index (χ1v) is 8.87. The molecule has 1 atom stereocenters. The molecular formula is C21H21N3O4. The average Bonchev–Trinajstić information content (AvgIpc) is 2.91. The van der Waals surface area contributed by atoms with Crippen molar-refractivity contribution in [3.8, 4) is 0 Å². The normalized spacial score (nSPS) is 18.0. The van der Waals surface area contributed by atoms with Gasteiger partial charge in [-0.05, 0) is 29.8 Å². The van der Waals surface area contributed by atoms with Gasteiger partial charge in [0.25, 0.3) is 5.91 Å². The second kappa shape index (κ2) is 8.58. The summed E-state index contributed by atoms with van der Waals surface area (Å²) in [5.41, 5.74) is 2.06. The van der Waals surface area contributed by atoms with Gasteiger partial charge in [0.05, 0.1) is 18.8 Å². The molecule has 7 nitrogen and oxygen atoms in total. The fourth-order valence-corrected chi connectivity index (χ4v) is 3.05. The van der Waals surface area contributed by atoms with Crippen molar-refractivity contribution in [2.45, 2.75) is 12.8 Å². The first-order valence-electron chi connectivity index (χ1n) is 8.87. The van der Waals surface area contributed by atoms with E-state index in [0.717, 1.165) is 5.56 Å². The van der Waals surface area contributed by atoms with Crippen LogP contribution in [0.1, 0.15) is 18.4 Å². The molecule has 144 valence electrons. The van der Waals surface area contributed by atoms with Crippen molar-refractivity contribution >= 4 is 34.8 Å². The number of hydrogen-bond acceptors (Lipinski definition) is 5. The molecule has 0 aromatic heterocycles. The minimum absolute atomic E-state index is 0.173. The molecule has 0 bridgehead atoms. The minimum Gasteiger partial charge on any atom is -0.383 e. The van der Waals surface area contributed by atoms with Gasteiger partial charge in [-0.1, -0.05) is 30.3 Å². The summed E-state index contributed by atoms with van der Waals surface area (Å²) >= 11 is 0. The first-order chi connectivity index (χ1) is 13.5. The molecule has 1 heterocycles. The number of ether oxygens (including phenoxy) is 1. The third kappa shape index (κ3) is 4.15. The van der Waals surface area contributed by atoms with Gasteiger partial charge in [0.15, 0.2) is 0 Å². The van der Waals surface area contributed by atoms with Crippen molar-refractivity contribution in [1.29, 1.82) is 0 Å². The van der Waals surface area contributed by atoms with Crippen molar-refractivity contribution in [2.24, 2.45) is 4.99 Å². The molecule has 3 amide bonds. The van der Waals surface area contributed by atoms with Gasteiger partial charge in [-0.15, -0.1) is 0 Å². The average molecular weight is 379 g/mol. The number of benzene rings is 2. The topological polar surface area (TPSA) is 88.1 Å². The van der Waals surface area contributed by atoms with E-state index in [1.165, 1.54) is 18.9 Å². The highest BCUT2D eigenvalue weighted by atomic mass is 16.5. The number of amides is 3. The van der Waals surface area contributed by atoms with Crippen molar-refractivity contribution in [1.82, 2.24) is 4.90 Å². The molecule has 1 aliphatic heterocycles. The Morgan fingerprint density at radius 1 is 1.11 bits per heavy atom. The monoisotopic (exact) mass is 379 g/mol. The van der Waals surface area contributed by atoms with Crippen LogP contribution in [0.15, 0.2) is 59.6 Å². The lowest BCUT2D eigenvalue weighted by atomic mass is 9.96. The molecule has 1 saturated heterocycles. The van der Waals surface area contributed by atoms with Crippen LogP contribution in [0.2, 0.25) is 0 Å². The number of nitrogens with zero attached hydrogens (tertiary/aromatic N) is 2. The fourth-order valence-electron chi connectivity index (χ4n) is 3.05. The van der Waals surface area contributed by atoms with E-state index in [9.17, 15) is 14.4 Å². The van der Waals surface area contributed by atoms with Crippen molar-refractivity contribution in [2.75, 3.05) is 25.6 Å². The third-order valence-electron chi connectivity index (χ3n) is 4.34. The zero-order valence-corrected chi connectivity index (χ0v) is 15.7. The number of aliphatic imine (C=N–C) groups is 1. The molecule has 3 rings (SSSR count). The molecule has 28 heavy (non-hydrogen) atoms. The Balaban J connectivity index is 1.97. The summed E-state index contributed by atoms with van der Waals surface area (Å²) in [5.74, 6) is -1.64. The van der Waals surface area contributed by atoms with Gasteiger partial charge in [-0.3, -0.25) is 19.3 Å². The summed E-state index contributed by atoms with van der Waals surface area (Å²) in [6.07, 6.45) is 0. The standard InChI is InChI=1S/C21H21N3O4/c1-14(25)22-16-8-10-17(11-9-16)23-19-18(15-6-4-3-5-7-15)20(26)24(21(19)27)12-13-28-2/h3-11,18H,12-13H2,1-2H3,(H,22,25). The molecule has 1 unspecified atom stereocenters. The first kappa shape index (κ1) is 19.4. The Hall–Kier alpha value is -3.32. The van der Waals surface area contributed by atoms with Crippen LogP contribution in [-0.2, 0) is 19.1 Å². The summed E-state index contributed by atoms with van der Waals surface area (Å²) < 4.78 is 5.02. The number of imide groups is 1. The molecule has 0 spiro atoms. The van der Waals surface area contributed by atoms with E-state index >= 15 is 0 Å². The van der Waals surface area contributed by atoms with Gasteiger partial charge in [-0.2, -0.15) is 0 Å². The summed E-state index contributed by atoms with van der Waals surface area (Å²) in [6, 6.07) is 15.9. The summed E-state index contributed by atoms with van der Waals surface area (Å²) in [4.78, 5) is 42.6. The third-order valence-corrected chi connectivity index (χ3v) is 4.34. The molecule has 0 radical (unpaired) electrons. The number of anilines is 1. The largest absolute Gasteiger partial charge is 0.383 e. The predicted octanol–water partition coefficient (Wildman–Crippen LogP) is 2.52. The molecule has 0 saturated carbocycles. The van der Waals surface area contributed by atoms with Gasteiger partial charge in [-0.25, -0.2) is 4.99 Å². The van der Waals surface area contributed by atoms with E-state index in [-0.39, 0.29) is 30.7 Å². The van der Waals surface area contributed by atoms with E-state index in [2.05, 4.69) is 10.3 Å². The highest BCUT2D eigenvalue weighted by Gasteiger charge is 2.45. The van der Waals surface area contributed by atoms with Crippen molar-refractivity contribution < 1.29 is 19.1 Å². The summed E-state index contributed by atoms with van der Waals surface area (Å²) in [7, 11) is 1.52. The van der Waals surface area contributed by atoms with Crippen LogP contribution in [0.5, 0.6) is 0 Å². The zero-order valence-electron chi connectivity index (χ0n) is 15.7. The van der Waals surface area contributed by atoms with Crippen LogP contribution in [-0.4, -0.2) is 48.6 Å². The Kier molecular flexibility index (Phi) is 5.96. The number of carbonyl (C=O) groups excluding carboxylic acids is 3. The molecule has 2 aromatic rings. The van der Waals surface area contributed by atoms with Gasteiger partial charge < -0.3 is 10.1 Å². The molecule has 1 aliphatic rings. The maximum Gasteiger partial charge on any atom is 0.276 e. The molecular weight excluding hydrogens is 358 g/mol. The van der Waals surface area contributed by atoms with E-state index in [1.807, 2.05) is 30.3 Å². The zero-order chi connectivity index (χ0) is 20.1. The SMILES string of the molecule is COCCN1C(=O)C(=Nc2ccc(NC(C)=O)cc2)C(c2ccccc2)C1=O. The lowest BCUT2D eigenvalue weighted by molar-refractivity contribution is -0.138. The fraction of sp³-hybridized carbons (Fsp3) is 0.238.